The van der Waals surface area contributed by atoms with E-state index in [1.54, 1.807) is 12.5 Å². The van der Waals surface area contributed by atoms with E-state index < -0.39 is 0 Å². The first-order chi connectivity index (χ1) is 7.31. The molecule has 0 amide bonds. The number of nitrogens with zero attached hydrogens (tertiary/aromatic N) is 2. The number of aryl methyl sites for hydroxylation is 1. The Hall–Kier alpha value is -1.36. The normalized spacial score (nSPS) is 10.7. The summed E-state index contributed by atoms with van der Waals surface area (Å²) >= 11 is 5.17. The van der Waals surface area contributed by atoms with E-state index in [1.807, 2.05) is 10.6 Å². The van der Waals surface area contributed by atoms with Gasteiger partial charge in [0.1, 0.15) is 5.82 Å². The lowest BCUT2D eigenvalue weighted by molar-refractivity contribution is 0.561. The van der Waals surface area contributed by atoms with Gasteiger partial charge in [-0.2, -0.15) is 5.10 Å². The van der Waals surface area contributed by atoms with Gasteiger partial charge in [0.05, 0.1) is 19.1 Å². The van der Waals surface area contributed by atoms with E-state index in [2.05, 4.69) is 17.1 Å². The van der Waals surface area contributed by atoms with Crippen LogP contribution in [0.3, 0.4) is 0 Å². The van der Waals surface area contributed by atoms with Crippen LogP contribution in [0.25, 0.3) is 0 Å². The molecule has 5 heteroatoms. The number of nitrogens with one attached hydrogen (secondary N) is 1. The van der Waals surface area contributed by atoms with E-state index in [1.165, 1.54) is 0 Å². The fourth-order valence-electron chi connectivity index (χ4n) is 1.49. The van der Waals surface area contributed by atoms with Gasteiger partial charge in [0.2, 0.25) is 0 Å². The summed E-state index contributed by atoms with van der Waals surface area (Å²) in [4.78, 5) is 0. The van der Waals surface area contributed by atoms with Gasteiger partial charge in [-0.25, -0.2) is 0 Å². The average molecular weight is 223 g/mol. The average Bonchev–Trinajstić information content (AvgIpc) is 2.83. The van der Waals surface area contributed by atoms with Crippen LogP contribution in [0.2, 0.25) is 0 Å². The maximum Gasteiger partial charge on any atom is 0.195 e. The summed E-state index contributed by atoms with van der Waals surface area (Å²) in [7, 11) is 0. The lowest BCUT2D eigenvalue weighted by Crippen LogP contribution is -2.04. The van der Waals surface area contributed by atoms with Crippen molar-refractivity contribution in [3.63, 3.8) is 0 Å². The number of aromatic nitrogens is 3. The molecule has 15 heavy (non-hydrogen) atoms. The fraction of sp³-hybridized carbons (Fsp3) is 0.400. The van der Waals surface area contributed by atoms with Gasteiger partial charge in [0.25, 0.3) is 0 Å². The van der Waals surface area contributed by atoms with Crippen LogP contribution in [0.5, 0.6) is 0 Å². The molecule has 80 valence electrons. The zero-order valence-corrected chi connectivity index (χ0v) is 9.38. The summed E-state index contributed by atoms with van der Waals surface area (Å²) in [5.74, 6) is 1.00. The first kappa shape index (κ1) is 10.2. The van der Waals surface area contributed by atoms with Crippen LogP contribution in [0.15, 0.2) is 23.0 Å². The van der Waals surface area contributed by atoms with E-state index in [0.717, 1.165) is 30.8 Å². The largest absolute Gasteiger partial charge is 0.472 e. The van der Waals surface area contributed by atoms with Crippen LogP contribution < -0.4 is 0 Å². The number of aromatic amines is 1. The van der Waals surface area contributed by atoms with Crippen molar-refractivity contribution in [1.29, 1.82) is 0 Å². The summed E-state index contributed by atoms with van der Waals surface area (Å²) in [5, 5.41) is 7.02. The zero-order valence-electron chi connectivity index (χ0n) is 8.56. The van der Waals surface area contributed by atoms with Crippen molar-refractivity contribution in [2.45, 2.75) is 26.3 Å². The van der Waals surface area contributed by atoms with Gasteiger partial charge < -0.3 is 4.42 Å². The Morgan fingerprint density at radius 2 is 2.47 bits per heavy atom. The number of hydrogen-bond donors (Lipinski definition) is 1. The fourth-order valence-corrected chi connectivity index (χ4v) is 1.71. The monoisotopic (exact) mass is 223 g/mol. The number of rotatable bonds is 4. The molecule has 0 fully saturated rings. The molecule has 0 radical (unpaired) electrons. The molecule has 0 saturated carbocycles. The van der Waals surface area contributed by atoms with E-state index in [-0.39, 0.29) is 0 Å². The predicted octanol–water partition coefficient (Wildman–Crippen LogP) is 2.53. The molecule has 2 rings (SSSR count). The zero-order chi connectivity index (χ0) is 10.7. The summed E-state index contributed by atoms with van der Waals surface area (Å²) in [6.45, 7) is 2.85. The van der Waals surface area contributed by atoms with Crippen LogP contribution >= 0.6 is 12.2 Å². The van der Waals surface area contributed by atoms with Gasteiger partial charge in [-0.3, -0.25) is 9.67 Å². The first-order valence-electron chi connectivity index (χ1n) is 4.96. The van der Waals surface area contributed by atoms with Gasteiger partial charge in [-0.15, -0.1) is 0 Å². The molecule has 2 aromatic rings. The molecule has 0 unspecified atom stereocenters. The molecular weight excluding hydrogens is 210 g/mol. The third-order valence-electron chi connectivity index (χ3n) is 2.23. The Morgan fingerprint density at radius 3 is 3.13 bits per heavy atom. The van der Waals surface area contributed by atoms with Gasteiger partial charge in [-0.05, 0) is 24.7 Å². The van der Waals surface area contributed by atoms with Crippen molar-refractivity contribution in [3.8, 4) is 0 Å². The van der Waals surface area contributed by atoms with E-state index in [0.29, 0.717) is 4.77 Å². The Morgan fingerprint density at radius 1 is 1.60 bits per heavy atom. The third-order valence-corrected chi connectivity index (χ3v) is 2.54. The van der Waals surface area contributed by atoms with Crippen molar-refractivity contribution in [2.24, 2.45) is 0 Å². The highest BCUT2D eigenvalue weighted by Gasteiger charge is 2.06. The Kier molecular flexibility index (Phi) is 3.01. The molecule has 4 nitrogen and oxygen atoms in total. The van der Waals surface area contributed by atoms with Crippen LogP contribution in [0, 0.1) is 4.77 Å². The van der Waals surface area contributed by atoms with Crippen LogP contribution in [-0.2, 0) is 13.0 Å². The van der Waals surface area contributed by atoms with Crippen LogP contribution in [0.1, 0.15) is 24.7 Å². The smallest absolute Gasteiger partial charge is 0.195 e. The molecule has 0 aliphatic rings. The van der Waals surface area contributed by atoms with Gasteiger partial charge in [-0.1, -0.05) is 6.92 Å². The molecular formula is C10H13N3OS. The molecule has 0 bridgehead atoms. The Labute approximate surface area is 92.9 Å². The molecule has 0 aliphatic heterocycles. The second-order valence-electron chi connectivity index (χ2n) is 3.41. The van der Waals surface area contributed by atoms with Gasteiger partial charge >= 0.3 is 0 Å². The summed E-state index contributed by atoms with van der Waals surface area (Å²) in [6.07, 6.45) is 5.39. The summed E-state index contributed by atoms with van der Waals surface area (Å²) in [6, 6.07) is 1.94. The number of H-pyrrole nitrogens is 1. The van der Waals surface area contributed by atoms with Crippen LogP contribution in [-0.4, -0.2) is 14.8 Å². The Balaban J connectivity index is 2.26. The topological polar surface area (TPSA) is 46.8 Å². The molecule has 0 atom stereocenters. The first-order valence-corrected chi connectivity index (χ1v) is 5.37. The minimum Gasteiger partial charge on any atom is -0.472 e. The van der Waals surface area contributed by atoms with Crippen molar-refractivity contribution >= 4 is 12.2 Å². The molecule has 0 aliphatic carbocycles. The second-order valence-corrected chi connectivity index (χ2v) is 3.80. The minimum absolute atomic E-state index is 0.666. The van der Waals surface area contributed by atoms with Crippen molar-refractivity contribution < 1.29 is 4.42 Å². The molecule has 2 heterocycles. The molecule has 0 spiro atoms. The van der Waals surface area contributed by atoms with Crippen molar-refractivity contribution in [2.75, 3.05) is 0 Å². The van der Waals surface area contributed by atoms with Crippen LogP contribution in [0.4, 0.5) is 0 Å². The number of hydrogen-bond acceptors (Lipinski definition) is 3. The Bertz CT molecular complexity index is 469. The predicted molar refractivity (Wildman–Crippen MR) is 59.2 cm³/mol. The standard InChI is InChI=1S/C10H13N3OS/c1-2-3-9-11-12-10(15)13(9)6-8-4-5-14-7-8/h4-5,7H,2-3,6H2,1H3,(H,12,15). The third kappa shape index (κ3) is 2.18. The maximum atomic E-state index is 5.17. The number of furan rings is 1. The van der Waals surface area contributed by atoms with Gasteiger partial charge in [0, 0.05) is 12.0 Å². The lowest BCUT2D eigenvalue weighted by Gasteiger charge is -2.03. The highest BCUT2D eigenvalue weighted by Crippen LogP contribution is 2.07. The maximum absolute atomic E-state index is 5.17. The highest BCUT2D eigenvalue weighted by atomic mass is 32.1. The molecule has 2 aromatic heterocycles. The summed E-state index contributed by atoms with van der Waals surface area (Å²) in [5.41, 5.74) is 1.10. The molecule has 1 N–H and O–H groups in total. The van der Waals surface area contributed by atoms with Crippen molar-refractivity contribution in [3.05, 3.63) is 34.8 Å². The van der Waals surface area contributed by atoms with Gasteiger partial charge in [0.15, 0.2) is 4.77 Å². The van der Waals surface area contributed by atoms with Crippen molar-refractivity contribution in [1.82, 2.24) is 14.8 Å². The van der Waals surface area contributed by atoms with E-state index in [9.17, 15) is 0 Å². The van der Waals surface area contributed by atoms with E-state index in [4.69, 9.17) is 16.6 Å². The summed E-state index contributed by atoms with van der Waals surface area (Å²) < 4.78 is 7.70. The highest BCUT2D eigenvalue weighted by molar-refractivity contribution is 7.71. The lowest BCUT2D eigenvalue weighted by atomic mass is 10.3. The minimum atomic E-state index is 0.666. The molecule has 0 aromatic carbocycles. The second kappa shape index (κ2) is 4.44. The quantitative estimate of drug-likeness (QED) is 0.810. The molecule has 0 saturated heterocycles. The SMILES string of the molecule is CCCc1n[nH]c(=S)n1Cc1ccoc1. The van der Waals surface area contributed by atoms with E-state index >= 15 is 0 Å².